The maximum atomic E-state index is 12.0. The van der Waals surface area contributed by atoms with Crippen molar-refractivity contribution in [1.29, 1.82) is 0 Å². The maximum Gasteiger partial charge on any atom is 0.320 e. The van der Waals surface area contributed by atoms with Gasteiger partial charge in [0.25, 0.3) is 0 Å². The van der Waals surface area contributed by atoms with E-state index in [4.69, 9.17) is 0 Å². The van der Waals surface area contributed by atoms with E-state index in [1.54, 1.807) is 6.20 Å². The molecule has 0 bridgehead atoms. The molecule has 0 radical (unpaired) electrons. The van der Waals surface area contributed by atoms with Crippen LogP contribution in [0, 0.1) is 12.8 Å². The topological polar surface area (TPSA) is 57.3 Å². The molecule has 1 aliphatic heterocycles. The number of hydrogen-bond acceptors (Lipinski definition) is 3. The van der Waals surface area contributed by atoms with Gasteiger partial charge >= 0.3 is 6.03 Å². The van der Waals surface area contributed by atoms with E-state index >= 15 is 0 Å². The van der Waals surface area contributed by atoms with Gasteiger partial charge in [0.1, 0.15) is 5.82 Å². The molecule has 24 heavy (non-hydrogen) atoms. The van der Waals surface area contributed by atoms with Gasteiger partial charge in [-0.1, -0.05) is 36.4 Å². The van der Waals surface area contributed by atoms with Gasteiger partial charge in [-0.2, -0.15) is 0 Å². The second-order valence-corrected chi connectivity index (χ2v) is 6.38. The van der Waals surface area contributed by atoms with Crippen LogP contribution in [0.25, 0.3) is 0 Å². The molecule has 1 aromatic carbocycles. The first-order valence-electron chi connectivity index (χ1n) is 8.43. The molecule has 2 N–H and O–H groups in total. The molecule has 2 aromatic rings. The molecule has 2 heterocycles. The summed E-state index contributed by atoms with van der Waals surface area (Å²) in [6.07, 6.45) is 2.80. The van der Waals surface area contributed by atoms with Gasteiger partial charge in [-0.3, -0.25) is 10.2 Å². The van der Waals surface area contributed by atoms with Gasteiger partial charge in [0.15, 0.2) is 0 Å². The number of pyridine rings is 1. The van der Waals surface area contributed by atoms with Gasteiger partial charge in [0, 0.05) is 25.8 Å². The van der Waals surface area contributed by atoms with Crippen LogP contribution >= 0.6 is 0 Å². The van der Waals surface area contributed by atoms with E-state index in [1.165, 1.54) is 5.56 Å². The monoisotopic (exact) mass is 324 g/mol. The summed E-state index contributed by atoms with van der Waals surface area (Å²) >= 11 is 0. The zero-order valence-corrected chi connectivity index (χ0v) is 14.0. The van der Waals surface area contributed by atoms with Crippen LogP contribution in [0.1, 0.15) is 17.5 Å². The number of rotatable bonds is 5. The molecule has 126 valence electrons. The number of aryl methyl sites for hydroxylation is 1. The molecule has 1 atom stereocenters. The van der Waals surface area contributed by atoms with E-state index in [0.29, 0.717) is 18.3 Å². The van der Waals surface area contributed by atoms with Crippen molar-refractivity contribution in [3.8, 4) is 0 Å². The largest absolute Gasteiger partial charge is 0.338 e. The van der Waals surface area contributed by atoms with Crippen LogP contribution in [0.3, 0.4) is 0 Å². The Morgan fingerprint density at radius 3 is 2.88 bits per heavy atom. The van der Waals surface area contributed by atoms with Crippen molar-refractivity contribution in [2.45, 2.75) is 19.9 Å². The number of carbonyl (C=O) groups excluding carboxylic acids is 1. The quantitative estimate of drug-likeness (QED) is 0.889. The van der Waals surface area contributed by atoms with Crippen molar-refractivity contribution in [1.82, 2.24) is 15.2 Å². The standard InChI is InChI=1S/C19H24N4O/c1-15-6-5-10-20-18(15)22-19(24)21-12-17-9-11-23(14-17)13-16-7-3-2-4-8-16/h2-8,10,17H,9,11-14H2,1H3,(H2,20,21,22,24)/t17-/m0/s1. The molecular formula is C19H24N4O. The van der Waals surface area contributed by atoms with Crippen LogP contribution in [0.15, 0.2) is 48.7 Å². The maximum absolute atomic E-state index is 12.0. The molecule has 5 nitrogen and oxygen atoms in total. The lowest BCUT2D eigenvalue weighted by molar-refractivity contribution is 0.249. The average molecular weight is 324 g/mol. The highest BCUT2D eigenvalue weighted by Crippen LogP contribution is 2.18. The summed E-state index contributed by atoms with van der Waals surface area (Å²) in [6.45, 7) is 5.72. The lowest BCUT2D eigenvalue weighted by Crippen LogP contribution is -2.34. The molecule has 5 heteroatoms. The molecule has 1 aliphatic rings. The fourth-order valence-electron chi connectivity index (χ4n) is 3.07. The minimum Gasteiger partial charge on any atom is -0.338 e. The van der Waals surface area contributed by atoms with Crippen LogP contribution in [0.4, 0.5) is 10.6 Å². The first kappa shape index (κ1) is 16.5. The predicted molar refractivity (Wildman–Crippen MR) is 95.8 cm³/mol. The number of nitrogens with zero attached hydrogens (tertiary/aromatic N) is 2. The van der Waals surface area contributed by atoms with E-state index in [1.807, 2.05) is 25.1 Å². The van der Waals surface area contributed by atoms with Gasteiger partial charge in [-0.05, 0) is 43.0 Å². The Morgan fingerprint density at radius 2 is 2.08 bits per heavy atom. The number of benzene rings is 1. The molecule has 0 spiro atoms. The van der Waals surface area contributed by atoms with E-state index < -0.39 is 0 Å². The first-order valence-corrected chi connectivity index (χ1v) is 8.43. The molecule has 0 unspecified atom stereocenters. The van der Waals surface area contributed by atoms with Crippen molar-refractivity contribution in [2.75, 3.05) is 25.0 Å². The number of aromatic nitrogens is 1. The number of amides is 2. The Hall–Kier alpha value is -2.40. The highest BCUT2D eigenvalue weighted by atomic mass is 16.2. The molecule has 1 aromatic heterocycles. The molecule has 2 amide bonds. The zero-order valence-electron chi connectivity index (χ0n) is 14.0. The highest BCUT2D eigenvalue weighted by Gasteiger charge is 2.22. The van der Waals surface area contributed by atoms with E-state index in [-0.39, 0.29) is 6.03 Å². The van der Waals surface area contributed by atoms with Gasteiger partial charge in [0.2, 0.25) is 0 Å². The van der Waals surface area contributed by atoms with Crippen molar-refractivity contribution in [3.05, 3.63) is 59.8 Å². The summed E-state index contributed by atoms with van der Waals surface area (Å²) in [4.78, 5) is 18.6. The number of anilines is 1. The van der Waals surface area contributed by atoms with Gasteiger partial charge < -0.3 is 5.32 Å². The fraction of sp³-hybridized carbons (Fsp3) is 0.368. The minimum atomic E-state index is -0.182. The Balaban J connectivity index is 1.41. The first-order chi connectivity index (χ1) is 11.7. The lowest BCUT2D eigenvalue weighted by atomic mass is 10.1. The smallest absolute Gasteiger partial charge is 0.320 e. The normalized spacial score (nSPS) is 17.6. The number of nitrogens with one attached hydrogen (secondary N) is 2. The summed E-state index contributed by atoms with van der Waals surface area (Å²) in [5, 5.41) is 5.78. The number of likely N-dealkylation sites (tertiary alicyclic amines) is 1. The summed E-state index contributed by atoms with van der Waals surface area (Å²) in [5.74, 6) is 1.12. The predicted octanol–water partition coefficient (Wildman–Crippen LogP) is 3.03. The number of urea groups is 1. The molecule has 3 rings (SSSR count). The average Bonchev–Trinajstić information content (AvgIpc) is 3.03. The Morgan fingerprint density at radius 1 is 1.25 bits per heavy atom. The van der Waals surface area contributed by atoms with Crippen molar-refractivity contribution >= 4 is 11.8 Å². The zero-order chi connectivity index (χ0) is 16.8. The van der Waals surface area contributed by atoms with Gasteiger partial charge in [-0.15, -0.1) is 0 Å². The van der Waals surface area contributed by atoms with Crippen molar-refractivity contribution in [3.63, 3.8) is 0 Å². The van der Waals surface area contributed by atoms with E-state index in [0.717, 1.165) is 31.6 Å². The number of hydrogen-bond donors (Lipinski definition) is 2. The Labute approximate surface area is 143 Å². The van der Waals surface area contributed by atoms with Gasteiger partial charge in [0.05, 0.1) is 0 Å². The SMILES string of the molecule is Cc1cccnc1NC(=O)NC[C@@H]1CCN(Cc2ccccc2)C1. The molecule has 0 aliphatic carbocycles. The van der Waals surface area contributed by atoms with Crippen LogP contribution < -0.4 is 10.6 Å². The van der Waals surface area contributed by atoms with Gasteiger partial charge in [-0.25, -0.2) is 9.78 Å². The van der Waals surface area contributed by atoms with E-state index in [9.17, 15) is 4.79 Å². The van der Waals surface area contributed by atoms with Crippen molar-refractivity contribution < 1.29 is 4.79 Å². The van der Waals surface area contributed by atoms with Crippen LogP contribution in [-0.4, -0.2) is 35.5 Å². The second-order valence-electron chi connectivity index (χ2n) is 6.38. The van der Waals surface area contributed by atoms with Crippen LogP contribution in [0.2, 0.25) is 0 Å². The minimum absolute atomic E-state index is 0.182. The van der Waals surface area contributed by atoms with Crippen LogP contribution in [-0.2, 0) is 6.54 Å². The summed E-state index contributed by atoms with van der Waals surface area (Å²) < 4.78 is 0. The third kappa shape index (κ3) is 4.55. The summed E-state index contributed by atoms with van der Waals surface area (Å²) in [7, 11) is 0. The molecular weight excluding hydrogens is 300 g/mol. The fourth-order valence-corrected chi connectivity index (χ4v) is 3.07. The summed E-state index contributed by atoms with van der Waals surface area (Å²) in [5.41, 5.74) is 2.30. The highest BCUT2D eigenvalue weighted by molar-refractivity contribution is 5.88. The lowest BCUT2D eigenvalue weighted by Gasteiger charge is -2.16. The molecule has 1 saturated heterocycles. The second kappa shape index (κ2) is 7.93. The Bertz CT molecular complexity index is 674. The Kier molecular flexibility index (Phi) is 5.43. The molecule has 0 saturated carbocycles. The van der Waals surface area contributed by atoms with Crippen LogP contribution in [0.5, 0.6) is 0 Å². The number of carbonyl (C=O) groups is 1. The van der Waals surface area contributed by atoms with E-state index in [2.05, 4.69) is 44.8 Å². The third-order valence-corrected chi connectivity index (χ3v) is 4.41. The molecule has 1 fully saturated rings. The summed E-state index contributed by atoms with van der Waals surface area (Å²) in [6, 6.07) is 14.1. The van der Waals surface area contributed by atoms with Crippen molar-refractivity contribution in [2.24, 2.45) is 5.92 Å². The third-order valence-electron chi connectivity index (χ3n) is 4.41.